The first-order valence-electron chi connectivity index (χ1n) is 3.17. The lowest BCUT2D eigenvalue weighted by Gasteiger charge is -1.97. The second kappa shape index (κ2) is 5.77. The van der Waals surface area contributed by atoms with Gasteiger partial charge in [0.15, 0.2) is 0 Å². The van der Waals surface area contributed by atoms with Crippen LogP contribution in [0.2, 0.25) is 0 Å². The van der Waals surface area contributed by atoms with Crippen molar-refractivity contribution in [3.05, 3.63) is 12.3 Å². The van der Waals surface area contributed by atoms with Crippen molar-refractivity contribution < 1.29 is 17.4 Å². The monoisotopic (exact) mass is 194 g/mol. The first kappa shape index (κ1) is 13.7. The van der Waals surface area contributed by atoms with Crippen molar-refractivity contribution in [3.63, 3.8) is 0 Å². The van der Waals surface area contributed by atoms with Crippen molar-refractivity contribution >= 4 is 15.9 Å². The van der Waals surface area contributed by atoms with E-state index in [2.05, 4.69) is 10.8 Å². The van der Waals surface area contributed by atoms with E-state index in [0.29, 0.717) is 0 Å². The van der Waals surface area contributed by atoms with Gasteiger partial charge in [-0.15, -0.1) is 0 Å². The van der Waals surface area contributed by atoms with Crippen LogP contribution in [0.4, 0.5) is 0 Å². The molecule has 72 valence electrons. The van der Waals surface area contributed by atoms with Crippen LogP contribution in [0.15, 0.2) is 12.3 Å². The number of carbonyl (C=O) groups is 1. The Morgan fingerprint density at radius 3 is 1.50 bits per heavy atom. The van der Waals surface area contributed by atoms with Crippen LogP contribution in [0.25, 0.3) is 0 Å². The first-order valence-corrected chi connectivity index (χ1v) is 4.99. The van der Waals surface area contributed by atoms with Gasteiger partial charge >= 0.3 is 10.1 Å². The molecule has 0 aromatic carbocycles. The number of Topliss-reactive ketones (excluding diaryl/α,β-unsaturated/α-hetero) is 1. The fourth-order valence-electron chi connectivity index (χ4n) is 0.258. The Morgan fingerprint density at radius 2 is 1.50 bits per heavy atom. The third-order valence-corrected chi connectivity index (χ3v) is 0.881. The van der Waals surface area contributed by atoms with Crippen LogP contribution in [-0.2, 0) is 19.1 Å². The normalized spacial score (nSPS) is 9.33. The third kappa shape index (κ3) is 35.2. The summed E-state index contributed by atoms with van der Waals surface area (Å²) < 4.78 is 24.5. The first-order chi connectivity index (χ1) is 5.15. The molecule has 0 rings (SSSR count). The summed E-state index contributed by atoms with van der Waals surface area (Å²) in [6.45, 7) is 7.77. The molecule has 4 nitrogen and oxygen atoms in total. The fraction of sp³-hybridized carbons (Fsp3) is 0.571. The number of hydrogen-bond donors (Lipinski definition) is 0. The Balaban J connectivity index is 0. The van der Waals surface area contributed by atoms with Gasteiger partial charge in [0.25, 0.3) is 0 Å². The van der Waals surface area contributed by atoms with Gasteiger partial charge in [-0.05, 0) is 20.8 Å². The Hall–Kier alpha value is -0.840. The van der Waals surface area contributed by atoms with Gasteiger partial charge in [-0.3, -0.25) is 0 Å². The van der Waals surface area contributed by atoms with Crippen LogP contribution in [0.3, 0.4) is 0 Å². The highest BCUT2D eigenvalue weighted by Crippen LogP contribution is 1.95. The van der Waals surface area contributed by atoms with E-state index in [1.54, 1.807) is 0 Å². The number of ketones is 1. The topological polar surface area (TPSA) is 60.4 Å². The summed E-state index contributed by atoms with van der Waals surface area (Å²) in [4.78, 5) is 9.44. The molecule has 0 amide bonds. The molecular weight excluding hydrogens is 180 g/mol. The number of rotatable bonds is 2. The second-order valence-electron chi connectivity index (χ2n) is 2.40. The van der Waals surface area contributed by atoms with Gasteiger partial charge in [-0.1, -0.05) is 6.58 Å². The molecule has 0 N–H and O–H groups in total. The SMILES string of the molecule is C=C(C)OS(C)(=O)=O.CC(C)=O. The van der Waals surface area contributed by atoms with Crippen molar-refractivity contribution in [3.8, 4) is 0 Å². The summed E-state index contributed by atoms with van der Waals surface area (Å²) in [6, 6.07) is 0. The molecule has 0 aliphatic rings. The molecule has 0 spiro atoms. The second-order valence-corrected chi connectivity index (χ2v) is 3.97. The van der Waals surface area contributed by atoms with E-state index in [0.717, 1.165) is 6.26 Å². The van der Waals surface area contributed by atoms with Crippen molar-refractivity contribution in [2.24, 2.45) is 0 Å². The molecule has 0 heterocycles. The summed E-state index contributed by atoms with van der Waals surface area (Å²) in [5.74, 6) is 0.354. The van der Waals surface area contributed by atoms with Crippen molar-refractivity contribution in [1.29, 1.82) is 0 Å². The van der Waals surface area contributed by atoms with Gasteiger partial charge in [-0.25, -0.2) is 0 Å². The summed E-state index contributed by atoms with van der Waals surface area (Å²) in [7, 11) is -3.32. The zero-order valence-electron chi connectivity index (χ0n) is 7.75. The Kier molecular flexibility index (Phi) is 6.60. The third-order valence-electron chi connectivity index (χ3n) is 0.294. The van der Waals surface area contributed by atoms with Gasteiger partial charge in [-0.2, -0.15) is 8.42 Å². The van der Waals surface area contributed by atoms with Gasteiger partial charge < -0.3 is 8.98 Å². The van der Waals surface area contributed by atoms with Crippen molar-refractivity contribution in [2.45, 2.75) is 20.8 Å². The Morgan fingerprint density at radius 1 is 1.25 bits per heavy atom. The Labute approximate surface area is 73.4 Å². The molecule has 0 saturated carbocycles. The maximum atomic E-state index is 10.2. The van der Waals surface area contributed by atoms with Crippen LogP contribution >= 0.6 is 0 Å². The van der Waals surface area contributed by atoms with Gasteiger partial charge in [0.1, 0.15) is 11.5 Å². The molecule has 0 saturated heterocycles. The molecule has 0 fully saturated rings. The smallest absolute Gasteiger partial charge is 0.305 e. The molecular formula is C7H14O4S. The van der Waals surface area contributed by atoms with Crippen LogP contribution in [0.5, 0.6) is 0 Å². The van der Waals surface area contributed by atoms with Crippen LogP contribution in [0, 0.1) is 0 Å². The average molecular weight is 194 g/mol. The van der Waals surface area contributed by atoms with Crippen molar-refractivity contribution in [2.75, 3.05) is 6.26 Å². The minimum Gasteiger partial charge on any atom is -0.388 e. The average Bonchev–Trinajstić information content (AvgIpc) is 1.52. The standard InChI is InChI=1S/C4H8O3S.C3H6O/c1-4(2)7-8(3,5)6;1-3(2)4/h1H2,2-3H3;1-2H3. The van der Waals surface area contributed by atoms with E-state index in [4.69, 9.17) is 0 Å². The highest BCUT2D eigenvalue weighted by atomic mass is 32.2. The largest absolute Gasteiger partial charge is 0.388 e. The fourth-order valence-corrected chi connectivity index (χ4v) is 0.775. The van der Waals surface area contributed by atoms with E-state index >= 15 is 0 Å². The summed E-state index contributed by atoms with van der Waals surface area (Å²) in [5.41, 5.74) is 0. The number of hydrogen-bond acceptors (Lipinski definition) is 4. The maximum absolute atomic E-state index is 10.2. The van der Waals surface area contributed by atoms with E-state index < -0.39 is 10.1 Å². The van der Waals surface area contributed by atoms with Crippen LogP contribution in [-0.4, -0.2) is 20.5 Å². The lowest BCUT2D eigenvalue weighted by Crippen LogP contribution is -1.98. The van der Waals surface area contributed by atoms with Crippen LogP contribution in [0.1, 0.15) is 20.8 Å². The molecule has 0 radical (unpaired) electrons. The van der Waals surface area contributed by atoms with E-state index in [1.165, 1.54) is 20.8 Å². The van der Waals surface area contributed by atoms with Gasteiger partial charge in [0.05, 0.1) is 6.26 Å². The molecule has 5 heteroatoms. The highest BCUT2D eigenvalue weighted by Gasteiger charge is 1.98. The molecule has 0 aliphatic heterocycles. The minimum atomic E-state index is -3.32. The summed E-state index contributed by atoms with van der Waals surface area (Å²) >= 11 is 0. The molecule has 0 aromatic rings. The number of carbonyl (C=O) groups excluding carboxylic acids is 1. The molecule has 0 atom stereocenters. The van der Waals surface area contributed by atoms with Crippen molar-refractivity contribution in [1.82, 2.24) is 0 Å². The Bertz CT molecular complexity index is 247. The quantitative estimate of drug-likeness (QED) is 0.487. The van der Waals surface area contributed by atoms with Crippen LogP contribution < -0.4 is 0 Å². The predicted molar refractivity (Wildman–Crippen MR) is 47.1 cm³/mol. The number of allylic oxidation sites excluding steroid dienone is 1. The molecule has 12 heavy (non-hydrogen) atoms. The lowest BCUT2D eigenvalue weighted by molar-refractivity contribution is -0.114. The van der Waals surface area contributed by atoms with Gasteiger partial charge in [0, 0.05) is 0 Å². The molecule has 0 aliphatic carbocycles. The van der Waals surface area contributed by atoms with E-state index in [-0.39, 0.29) is 11.5 Å². The zero-order valence-corrected chi connectivity index (χ0v) is 8.56. The molecule has 0 unspecified atom stereocenters. The maximum Gasteiger partial charge on any atom is 0.305 e. The zero-order chi connectivity index (χ0) is 10.4. The van der Waals surface area contributed by atoms with Gasteiger partial charge in [0.2, 0.25) is 0 Å². The van der Waals surface area contributed by atoms with E-state index in [1.807, 2.05) is 0 Å². The molecule has 0 aromatic heterocycles. The highest BCUT2D eigenvalue weighted by molar-refractivity contribution is 7.86. The summed E-state index contributed by atoms with van der Waals surface area (Å²) in [6.07, 6.45) is 0.974. The summed E-state index contributed by atoms with van der Waals surface area (Å²) in [5, 5.41) is 0. The lowest BCUT2D eigenvalue weighted by atomic mass is 10.6. The minimum absolute atomic E-state index is 0.167. The molecule has 0 bridgehead atoms. The van der Waals surface area contributed by atoms with E-state index in [9.17, 15) is 13.2 Å². The predicted octanol–water partition coefficient (Wildman–Crippen LogP) is 1.09.